The van der Waals surface area contributed by atoms with E-state index in [9.17, 15) is 14.4 Å². The second-order valence-electron chi connectivity index (χ2n) is 9.05. The van der Waals surface area contributed by atoms with Gasteiger partial charge in [0.15, 0.2) is 0 Å². The Hall–Kier alpha value is -3.23. The van der Waals surface area contributed by atoms with Gasteiger partial charge in [-0.05, 0) is 74.2 Å². The molecule has 4 N–H and O–H groups in total. The second-order valence-corrected chi connectivity index (χ2v) is 9.05. The van der Waals surface area contributed by atoms with Crippen LogP contribution >= 0.6 is 0 Å². The summed E-state index contributed by atoms with van der Waals surface area (Å²) in [7, 11) is 0. The number of carbonyl (C=O) groups excluding carboxylic acids is 3. The maximum atomic E-state index is 12.3. The summed E-state index contributed by atoms with van der Waals surface area (Å²) in [4.78, 5) is 38.6. The molecule has 2 aromatic rings. The van der Waals surface area contributed by atoms with E-state index in [1.807, 2.05) is 48.5 Å². The van der Waals surface area contributed by atoms with Gasteiger partial charge in [-0.15, -0.1) is 0 Å². The summed E-state index contributed by atoms with van der Waals surface area (Å²) in [6, 6.07) is 15.0. The van der Waals surface area contributed by atoms with Crippen LogP contribution in [0.15, 0.2) is 48.5 Å². The zero-order chi connectivity index (χ0) is 23.9. The van der Waals surface area contributed by atoms with Crippen LogP contribution in [0.25, 0.3) is 0 Å². The third-order valence-electron chi connectivity index (χ3n) is 6.39. The number of hydrogen-bond acceptors (Lipinski definition) is 5. The number of carbonyl (C=O) groups is 3. The van der Waals surface area contributed by atoms with E-state index in [1.165, 1.54) is 0 Å². The molecule has 2 aromatic carbocycles. The summed E-state index contributed by atoms with van der Waals surface area (Å²) in [6.45, 7) is 4.27. The molecule has 2 atom stereocenters. The van der Waals surface area contributed by atoms with E-state index in [-0.39, 0.29) is 29.8 Å². The topological polar surface area (TPSA) is 103 Å². The van der Waals surface area contributed by atoms with E-state index in [0.717, 1.165) is 61.3 Å². The van der Waals surface area contributed by atoms with Crippen LogP contribution in [0.2, 0.25) is 0 Å². The predicted molar refractivity (Wildman–Crippen MR) is 132 cm³/mol. The van der Waals surface area contributed by atoms with Gasteiger partial charge >= 0.3 is 0 Å². The van der Waals surface area contributed by atoms with Crippen molar-refractivity contribution in [3.63, 3.8) is 0 Å². The monoisotopic (exact) mass is 463 g/mol. The predicted octanol–water partition coefficient (Wildman–Crippen LogP) is 2.62. The molecule has 2 aliphatic heterocycles. The first-order valence-corrected chi connectivity index (χ1v) is 12.0. The fraction of sp³-hybridized carbons (Fsp3) is 0.423. The molecule has 2 fully saturated rings. The molecule has 4 rings (SSSR count). The molecule has 2 saturated heterocycles. The first-order chi connectivity index (χ1) is 16.5. The van der Waals surface area contributed by atoms with E-state index in [0.29, 0.717) is 13.1 Å². The van der Waals surface area contributed by atoms with Gasteiger partial charge in [0.1, 0.15) is 0 Å². The highest BCUT2D eigenvalue weighted by Crippen LogP contribution is 2.17. The molecular formula is C26H33N5O3. The average Bonchev–Trinajstić information content (AvgIpc) is 3.56. The Balaban J connectivity index is 1.31. The molecule has 2 unspecified atom stereocenters. The Kier molecular flexibility index (Phi) is 7.92. The van der Waals surface area contributed by atoms with Crippen LogP contribution < -0.4 is 21.3 Å². The highest BCUT2D eigenvalue weighted by atomic mass is 16.2. The smallest absolute Gasteiger partial charge is 0.241 e. The lowest BCUT2D eigenvalue weighted by Crippen LogP contribution is -2.35. The average molecular weight is 464 g/mol. The van der Waals surface area contributed by atoms with Crippen molar-refractivity contribution in [3.05, 3.63) is 59.7 Å². The maximum absolute atomic E-state index is 12.3. The van der Waals surface area contributed by atoms with Gasteiger partial charge in [0.25, 0.3) is 0 Å². The fourth-order valence-electron chi connectivity index (χ4n) is 4.38. The molecule has 8 heteroatoms. The van der Waals surface area contributed by atoms with Crippen molar-refractivity contribution in [1.82, 2.24) is 15.5 Å². The van der Waals surface area contributed by atoms with Crippen molar-refractivity contribution in [2.24, 2.45) is 0 Å². The maximum Gasteiger partial charge on any atom is 0.241 e. The fourth-order valence-corrected chi connectivity index (χ4v) is 4.38. The summed E-state index contributed by atoms with van der Waals surface area (Å²) in [5.74, 6) is -0.0288. The third kappa shape index (κ3) is 6.42. The molecule has 2 heterocycles. The standard InChI is InChI=1S/C26H33N5O3/c1-18(32)31(16-19-6-10-21(11-7-19)29-25(33)23-4-2-14-27-23)17-20-8-12-22(13-9-20)30-26(34)24-5-3-15-28-24/h6-13,23-24,27-28H,2-5,14-17H2,1H3,(H,29,33)(H,30,34). The van der Waals surface area contributed by atoms with Gasteiger partial charge < -0.3 is 26.2 Å². The lowest BCUT2D eigenvalue weighted by atomic mass is 10.1. The number of benzene rings is 2. The Bertz CT molecular complexity index is 919. The van der Waals surface area contributed by atoms with E-state index < -0.39 is 0 Å². The van der Waals surface area contributed by atoms with E-state index >= 15 is 0 Å². The van der Waals surface area contributed by atoms with Crippen molar-refractivity contribution in [3.8, 4) is 0 Å². The number of amides is 3. The Morgan fingerprint density at radius 2 is 1.18 bits per heavy atom. The normalized spacial score (nSPS) is 19.6. The highest BCUT2D eigenvalue weighted by molar-refractivity contribution is 5.95. The Morgan fingerprint density at radius 3 is 1.50 bits per heavy atom. The molecule has 34 heavy (non-hydrogen) atoms. The SMILES string of the molecule is CC(=O)N(Cc1ccc(NC(=O)C2CCCN2)cc1)Cc1ccc(NC(=O)C2CCCN2)cc1. The van der Waals surface area contributed by atoms with Crippen molar-refractivity contribution in [2.75, 3.05) is 23.7 Å². The molecule has 0 radical (unpaired) electrons. The summed E-state index contributed by atoms with van der Waals surface area (Å²) in [5, 5.41) is 12.3. The van der Waals surface area contributed by atoms with Crippen LogP contribution in [0.3, 0.4) is 0 Å². The summed E-state index contributed by atoms with van der Waals surface area (Å²) in [5.41, 5.74) is 3.48. The summed E-state index contributed by atoms with van der Waals surface area (Å²) in [6.07, 6.45) is 3.77. The van der Waals surface area contributed by atoms with Gasteiger partial charge in [0.05, 0.1) is 12.1 Å². The molecule has 3 amide bonds. The molecular weight excluding hydrogens is 430 g/mol. The zero-order valence-corrected chi connectivity index (χ0v) is 19.6. The minimum Gasteiger partial charge on any atom is -0.334 e. The minimum atomic E-state index is -0.119. The molecule has 0 saturated carbocycles. The van der Waals surface area contributed by atoms with Crippen molar-refractivity contribution in [2.45, 2.75) is 57.8 Å². The van der Waals surface area contributed by atoms with Gasteiger partial charge in [-0.1, -0.05) is 24.3 Å². The molecule has 0 spiro atoms. The van der Waals surface area contributed by atoms with Gasteiger partial charge in [0.2, 0.25) is 17.7 Å². The molecule has 8 nitrogen and oxygen atoms in total. The molecule has 0 aliphatic carbocycles. The van der Waals surface area contributed by atoms with Crippen LogP contribution in [0.1, 0.15) is 43.7 Å². The van der Waals surface area contributed by atoms with Crippen LogP contribution in [0.5, 0.6) is 0 Å². The lowest BCUT2D eigenvalue weighted by molar-refractivity contribution is -0.130. The lowest BCUT2D eigenvalue weighted by Gasteiger charge is -2.22. The van der Waals surface area contributed by atoms with Gasteiger partial charge in [-0.25, -0.2) is 0 Å². The Morgan fingerprint density at radius 1 is 0.765 bits per heavy atom. The zero-order valence-electron chi connectivity index (χ0n) is 19.6. The second kappa shape index (κ2) is 11.3. The van der Waals surface area contributed by atoms with Crippen molar-refractivity contribution < 1.29 is 14.4 Å². The van der Waals surface area contributed by atoms with Gasteiger partial charge in [-0.3, -0.25) is 14.4 Å². The minimum absolute atomic E-state index is 0.00486. The van der Waals surface area contributed by atoms with Crippen LogP contribution in [0.4, 0.5) is 11.4 Å². The van der Waals surface area contributed by atoms with Crippen LogP contribution in [-0.4, -0.2) is 47.8 Å². The van der Waals surface area contributed by atoms with Gasteiger partial charge in [-0.2, -0.15) is 0 Å². The number of hydrogen-bond donors (Lipinski definition) is 4. The van der Waals surface area contributed by atoms with Crippen molar-refractivity contribution in [1.29, 1.82) is 0 Å². The Labute approximate surface area is 200 Å². The molecule has 0 aromatic heterocycles. The third-order valence-corrected chi connectivity index (χ3v) is 6.39. The van der Waals surface area contributed by atoms with Crippen LogP contribution in [-0.2, 0) is 27.5 Å². The number of nitrogens with zero attached hydrogens (tertiary/aromatic N) is 1. The largest absolute Gasteiger partial charge is 0.334 e. The van der Waals surface area contributed by atoms with E-state index in [4.69, 9.17) is 0 Å². The highest BCUT2D eigenvalue weighted by Gasteiger charge is 2.23. The molecule has 0 bridgehead atoms. The van der Waals surface area contributed by atoms with Gasteiger partial charge in [0, 0.05) is 31.4 Å². The summed E-state index contributed by atoms with van der Waals surface area (Å²) >= 11 is 0. The quantitative estimate of drug-likeness (QED) is 0.482. The van der Waals surface area contributed by atoms with Crippen LogP contribution in [0, 0.1) is 0 Å². The first-order valence-electron chi connectivity index (χ1n) is 12.0. The first kappa shape index (κ1) is 23.9. The van der Waals surface area contributed by atoms with Crippen molar-refractivity contribution >= 4 is 29.1 Å². The number of rotatable bonds is 8. The molecule has 180 valence electrons. The van der Waals surface area contributed by atoms with E-state index in [2.05, 4.69) is 21.3 Å². The number of nitrogens with one attached hydrogen (secondary N) is 4. The number of anilines is 2. The molecule has 2 aliphatic rings. The van der Waals surface area contributed by atoms with E-state index in [1.54, 1.807) is 11.8 Å². The summed E-state index contributed by atoms with van der Waals surface area (Å²) < 4.78 is 0.